The van der Waals surface area contributed by atoms with Crippen LogP contribution in [0.1, 0.15) is 83.9 Å². The van der Waals surface area contributed by atoms with Crippen molar-refractivity contribution in [3.8, 4) is 5.75 Å². The number of nitrogens with one attached hydrogen (secondary N) is 4. The van der Waals surface area contributed by atoms with Gasteiger partial charge in [-0.1, -0.05) is 39.3 Å². The number of amides is 5. The van der Waals surface area contributed by atoms with Crippen LogP contribution in [0.5, 0.6) is 5.75 Å². The standard InChI is InChI=1S/C41H62N10O10/c1-5-22(2)36(34(56)16-27(37(43)58)14-29-19-46-21-48-29)51-40(61)28(13-25-8-10-30(53)11-9-25)17-33(55)31(18-35(42)57)50-39(60)26(7-6-12-47-41(44)45)15-32(54)24(4)49-38(59)23(3)20-52/h8-11,19,21-24,26-28,31,36,52-53H,5-7,12-18,20H2,1-4H3,(H2,42,57)(H2,43,58)(H,46,48)(H,49,59)(H,50,60)(H,51,61)(H4,44,45,47)/t22-,23-,24-,26+,27+,28+,31-,36-/m0/s1. The van der Waals surface area contributed by atoms with Crippen LogP contribution in [-0.2, 0) is 51.2 Å². The number of guanidine groups is 1. The molecule has 0 bridgehead atoms. The van der Waals surface area contributed by atoms with Crippen LogP contribution in [0.25, 0.3) is 0 Å². The number of benzene rings is 1. The molecule has 1 aromatic carbocycles. The first-order chi connectivity index (χ1) is 28.7. The van der Waals surface area contributed by atoms with Gasteiger partial charge in [-0.15, -0.1) is 0 Å². The number of aliphatic imine (C=N–C) groups is 1. The van der Waals surface area contributed by atoms with Crippen LogP contribution in [-0.4, -0.2) is 104 Å². The summed E-state index contributed by atoms with van der Waals surface area (Å²) in [5, 5.41) is 27.0. The van der Waals surface area contributed by atoms with Crippen molar-refractivity contribution in [2.24, 2.45) is 57.5 Å². The Morgan fingerprint density at radius 3 is 1.95 bits per heavy atom. The molecule has 20 heteroatoms. The van der Waals surface area contributed by atoms with Gasteiger partial charge in [0.2, 0.25) is 29.5 Å². The van der Waals surface area contributed by atoms with E-state index in [0.717, 1.165) is 0 Å². The normalized spacial score (nSPS) is 15.0. The third-order valence-electron chi connectivity index (χ3n) is 10.5. The number of hydrogen-bond donors (Lipinski definition) is 10. The molecule has 20 nitrogen and oxygen atoms in total. The molecule has 0 aliphatic carbocycles. The summed E-state index contributed by atoms with van der Waals surface area (Å²) in [5.74, 6) is -10.1. The molecule has 1 heterocycles. The maximum Gasteiger partial charge on any atom is 0.225 e. The highest BCUT2D eigenvalue weighted by Crippen LogP contribution is 2.22. The van der Waals surface area contributed by atoms with E-state index in [-0.39, 0.29) is 50.4 Å². The molecular formula is C41H62N10O10. The number of nitrogens with two attached hydrogens (primary N) is 4. The van der Waals surface area contributed by atoms with E-state index in [9.17, 15) is 48.6 Å². The highest BCUT2D eigenvalue weighted by atomic mass is 16.3. The quantitative estimate of drug-likeness (QED) is 0.0272. The van der Waals surface area contributed by atoms with Gasteiger partial charge in [0.25, 0.3) is 0 Å². The van der Waals surface area contributed by atoms with Gasteiger partial charge in [0.1, 0.15) is 5.75 Å². The van der Waals surface area contributed by atoms with E-state index >= 15 is 0 Å². The topological polar surface area (TPSA) is 358 Å². The van der Waals surface area contributed by atoms with E-state index in [0.29, 0.717) is 17.7 Å². The van der Waals surface area contributed by atoms with Crippen molar-refractivity contribution in [3.05, 3.63) is 48.0 Å². The maximum absolute atomic E-state index is 14.2. The van der Waals surface area contributed by atoms with Crippen LogP contribution in [0.3, 0.4) is 0 Å². The molecule has 8 atom stereocenters. The van der Waals surface area contributed by atoms with Gasteiger partial charge < -0.3 is 54.1 Å². The van der Waals surface area contributed by atoms with E-state index in [1.807, 2.05) is 6.92 Å². The number of phenolic OH excluding ortho intramolecular Hbond substituents is 1. The van der Waals surface area contributed by atoms with Gasteiger partial charge in [-0.05, 0) is 49.8 Å². The lowest BCUT2D eigenvalue weighted by molar-refractivity contribution is -0.136. The van der Waals surface area contributed by atoms with Crippen LogP contribution in [0, 0.1) is 29.6 Å². The van der Waals surface area contributed by atoms with Gasteiger partial charge in [-0.2, -0.15) is 0 Å². The Morgan fingerprint density at radius 2 is 1.39 bits per heavy atom. The summed E-state index contributed by atoms with van der Waals surface area (Å²) >= 11 is 0. The van der Waals surface area contributed by atoms with Crippen LogP contribution in [0.2, 0.25) is 0 Å². The SMILES string of the molecule is CC[C@H](C)[C@H](NC(=O)[C@@H](CC(=O)[C@H](CC(N)=O)NC(=O)[C@H](CCCN=C(N)N)CC(=O)[C@H](C)NC(=O)[C@@H](C)CO)Cc1ccc(O)cc1)C(=O)C[C@@H](Cc1cnc[nH]1)C(N)=O. The predicted molar refractivity (Wildman–Crippen MR) is 224 cm³/mol. The Hall–Kier alpha value is -6.18. The monoisotopic (exact) mass is 854 g/mol. The van der Waals surface area contributed by atoms with Crippen molar-refractivity contribution < 1.29 is 48.6 Å². The third-order valence-corrected chi connectivity index (χ3v) is 10.5. The van der Waals surface area contributed by atoms with Crippen LogP contribution >= 0.6 is 0 Å². The molecule has 0 saturated carbocycles. The molecule has 0 aliphatic rings. The molecule has 336 valence electrons. The Kier molecular flexibility index (Phi) is 21.3. The van der Waals surface area contributed by atoms with Crippen molar-refractivity contribution in [1.29, 1.82) is 0 Å². The second kappa shape index (κ2) is 25.4. The number of H-pyrrole nitrogens is 1. The zero-order valence-electron chi connectivity index (χ0n) is 35.2. The molecule has 2 aromatic rings. The fraction of sp³-hybridized carbons (Fsp3) is 0.561. The highest BCUT2D eigenvalue weighted by molar-refractivity contribution is 5.98. The summed E-state index contributed by atoms with van der Waals surface area (Å²) in [4.78, 5) is 117. The number of hydrogen-bond acceptors (Lipinski definition) is 12. The number of aromatic nitrogens is 2. The lowest BCUT2D eigenvalue weighted by Crippen LogP contribution is -2.50. The van der Waals surface area contributed by atoms with Gasteiger partial charge in [0.05, 0.1) is 49.3 Å². The summed E-state index contributed by atoms with van der Waals surface area (Å²) in [6, 6.07) is 2.22. The van der Waals surface area contributed by atoms with Gasteiger partial charge >= 0.3 is 0 Å². The molecule has 2 rings (SSSR count). The lowest BCUT2D eigenvalue weighted by atomic mass is 9.86. The Morgan fingerprint density at radius 1 is 0.770 bits per heavy atom. The average molecular weight is 855 g/mol. The molecular weight excluding hydrogens is 793 g/mol. The summed E-state index contributed by atoms with van der Waals surface area (Å²) in [6.45, 7) is 6.11. The largest absolute Gasteiger partial charge is 0.508 e. The second-order valence-electron chi connectivity index (χ2n) is 15.5. The molecule has 0 unspecified atom stereocenters. The van der Waals surface area contributed by atoms with Crippen molar-refractivity contribution >= 4 is 52.8 Å². The first-order valence-electron chi connectivity index (χ1n) is 20.2. The lowest BCUT2D eigenvalue weighted by Gasteiger charge is -2.28. The van der Waals surface area contributed by atoms with E-state index in [1.165, 1.54) is 38.5 Å². The van der Waals surface area contributed by atoms with Crippen molar-refractivity contribution in [3.63, 3.8) is 0 Å². The maximum atomic E-state index is 14.2. The first-order valence-corrected chi connectivity index (χ1v) is 20.2. The number of nitrogens with zero attached hydrogens (tertiary/aromatic N) is 2. The zero-order valence-corrected chi connectivity index (χ0v) is 35.2. The molecule has 0 saturated heterocycles. The number of carbonyl (C=O) groups excluding carboxylic acids is 8. The minimum atomic E-state index is -1.54. The number of aromatic hydroxyl groups is 1. The van der Waals surface area contributed by atoms with Crippen LogP contribution in [0.15, 0.2) is 41.8 Å². The van der Waals surface area contributed by atoms with E-state index in [1.54, 1.807) is 19.1 Å². The average Bonchev–Trinajstić information content (AvgIpc) is 3.72. The van der Waals surface area contributed by atoms with Crippen molar-refractivity contribution in [1.82, 2.24) is 25.9 Å². The number of aromatic amines is 1. The van der Waals surface area contributed by atoms with Gasteiger partial charge in [-0.25, -0.2) is 4.98 Å². The molecule has 1 aromatic heterocycles. The summed E-state index contributed by atoms with van der Waals surface area (Å²) in [7, 11) is 0. The van der Waals surface area contributed by atoms with E-state index < -0.39 is 120 Å². The molecule has 61 heavy (non-hydrogen) atoms. The Labute approximate surface area is 354 Å². The molecule has 0 fully saturated rings. The molecule has 0 spiro atoms. The minimum Gasteiger partial charge on any atom is -0.508 e. The number of phenols is 1. The Balaban J connectivity index is 2.42. The Bertz CT molecular complexity index is 1830. The number of primary amides is 2. The smallest absolute Gasteiger partial charge is 0.225 e. The molecule has 14 N–H and O–H groups in total. The predicted octanol–water partition coefficient (Wildman–Crippen LogP) is -0.810. The molecule has 5 amide bonds. The first kappa shape index (κ1) is 51.0. The third kappa shape index (κ3) is 17.9. The van der Waals surface area contributed by atoms with Gasteiger partial charge in [0.15, 0.2) is 23.3 Å². The fourth-order valence-electron chi connectivity index (χ4n) is 6.46. The fourth-order valence-corrected chi connectivity index (χ4v) is 6.46. The number of carbonyl (C=O) groups is 8. The number of aliphatic hydroxyl groups excluding tert-OH is 1. The summed E-state index contributed by atoms with van der Waals surface area (Å²) < 4.78 is 0. The van der Waals surface area contributed by atoms with Gasteiger partial charge in [0, 0.05) is 56.0 Å². The van der Waals surface area contributed by atoms with Crippen LogP contribution < -0.4 is 38.9 Å². The number of ketones is 3. The minimum absolute atomic E-state index is 0.0468. The van der Waals surface area contributed by atoms with E-state index in [2.05, 4.69) is 30.9 Å². The van der Waals surface area contributed by atoms with Crippen molar-refractivity contribution in [2.45, 2.75) is 104 Å². The summed E-state index contributed by atoms with van der Waals surface area (Å²) in [6.07, 6.45) is 1.82. The summed E-state index contributed by atoms with van der Waals surface area (Å²) in [5.41, 5.74) is 23.1. The number of aliphatic hydroxyl groups is 1. The van der Waals surface area contributed by atoms with Crippen molar-refractivity contribution in [2.75, 3.05) is 13.2 Å². The molecule has 0 radical (unpaired) electrons. The van der Waals surface area contributed by atoms with Gasteiger partial charge in [-0.3, -0.25) is 43.3 Å². The molecule has 0 aliphatic heterocycles. The number of imidazole rings is 1. The second-order valence-corrected chi connectivity index (χ2v) is 15.5. The van der Waals surface area contributed by atoms with E-state index in [4.69, 9.17) is 22.9 Å². The van der Waals surface area contributed by atoms with Crippen LogP contribution in [0.4, 0.5) is 0 Å². The number of rotatable bonds is 29. The zero-order chi connectivity index (χ0) is 45.8. The highest BCUT2D eigenvalue weighted by Gasteiger charge is 2.35. The number of Topliss-reactive ketones (excluding diaryl/α,β-unsaturated/α-hetero) is 3.